The summed E-state index contributed by atoms with van der Waals surface area (Å²) in [5.41, 5.74) is 4.14. The van der Waals surface area contributed by atoms with Gasteiger partial charge in [-0.05, 0) is 41.8 Å². The van der Waals surface area contributed by atoms with Crippen molar-refractivity contribution in [1.82, 2.24) is 14.8 Å². The molecule has 1 aliphatic heterocycles. The van der Waals surface area contributed by atoms with Gasteiger partial charge in [0.1, 0.15) is 11.5 Å². The first-order chi connectivity index (χ1) is 16.5. The molecule has 1 unspecified atom stereocenters. The topological polar surface area (TPSA) is 84.8 Å². The Kier molecular flexibility index (Phi) is 7.18. The zero-order chi connectivity index (χ0) is 24.1. The maximum Gasteiger partial charge on any atom is 0.313 e. The van der Waals surface area contributed by atoms with Gasteiger partial charge >= 0.3 is 11.8 Å². The summed E-state index contributed by atoms with van der Waals surface area (Å²) in [7, 11) is 5.03. The van der Waals surface area contributed by atoms with Crippen LogP contribution in [0.1, 0.15) is 22.9 Å². The second kappa shape index (κ2) is 10.4. The lowest BCUT2D eigenvalue weighted by Gasteiger charge is -2.36. The third-order valence-corrected chi connectivity index (χ3v) is 6.25. The molecule has 1 aromatic heterocycles. The third-order valence-electron chi connectivity index (χ3n) is 6.25. The van der Waals surface area contributed by atoms with Crippen LogP contribution in [0, 0.1) is 0 Å². The first kappa shape index (κ1) is 23.4. The van der Waals surface area contributed by atoms with E-state index in [2.05, 4.69) is 50.4 Å². The second-order valence-corrected chi connectivity index (χ2v) is 8.28. The molecular formula is C26H30N4O4. The number of methoxy groups -OCH3 is 2. The van der Waals surface area contributed by atoms with Crippen LogP contribution in [-0.2, 0) is 29.6 Å². The zero-order valence-corrected chi connectivity index (χ0v) is 19.7. The lowest BCUT2D eigenvalue weighted by Crippen LogP contribution is -2.44. The average Bonchev–Trinajstić information content (AvgIpc) is 3.29. The van der Waals surface area contributed by atoms with E-state index in [1.165, 1.54) is 18.2 Å². The number of hydrogen-bond acceptors (Lipinski definition) is 5. The molecule has 34 heavy (non-hydrogen) atoms. The number of aromatic nitrogens is 1. The number of hydrogen-bond donors (Lipinski definition) is 2. The summed E-state index contributed by atoms with van der Waals surface area (Å²) in [6.07, 6.45) is 2.94. The molecule has 8 heteroatoms. The smallest absolute Gasteiger partial charge is 0.313 e. The zero-order valence-electron chi connectivity index (χ0n) is 19.7. The Morgan fingerprint density at radius 2 is 1.79 bits per heavy atom. The number of fused-ring (bicyclic) bond motifs is 1. The first-order valence-electron chi connectivity index (χ1n) is 11.2. The van der Waals surface area contributed by atoms with Gasteiger partial charge in [-0.15, -0.1) is 0 Å². The standard InChI is InChI=1S/C26H30N4O4/c1-29-13-6-9-22(29)23(30-14-12-18-7-4-5-8-19(18)17-30)16-27-25(31)26(32)28-21-11-10-20(33-2)15-24(21)34-3/h4-11,13,15,23H,12,14,16-17H2,1-3H3,(H,27,31)(H,28,32). The van der Waals surface area contributed by atoms with E-state index < -0.39 is 11.8 Å². The number of aryl methyl sites for hydroxylation is 1. The van der Waals surface area contributed by atoms with Crippen LogP contribution in [0.3, 0.4) is 0 Å². The average molecular weight is 463 g/mol. The predicted octanol–water partition coefficient (Wildman–Crippen LogP) is 2.90. The summed E-state index contributed by atoms with van der Waals surface area (Å²) in [6, 6.07) is 17.4. The van der Waals surface area contributed by atoms with Crippen molar-refractivity contribution in [1.29, 1.82) is 0 Å². The van der Waals surface area contributed by atoms with E-state index in [1.54, 1.807) is 25.3 Å². The Balaban J connectivity index is 1.45. The normalized spacial score (nSPS) is 14.1. The van der Waals surface area contributed by atoms with Crippen LogP contribution in [0.2, 0.25) is 0 Å². The highest BCUT2D eigenvalue weighted by atomic mass is 16.5. The number of nitrogens with one attached hydrogen (secondary N) is 2. The van der Waals surface area contributed by atoms with E-state index in [0.717, 1.165) is 25.2 Å². The molecular weight excluding hydrogens is 432 g/mol. The van der Waals surface area contributed by atoms with E-state index in [1.807, 2.05) is 19.3 Å². The highest BCUT2D eigenvalue weighted by Gasteiger charge is 2.27. The van der Waals surface area contributed by atoms with Gasteiger partial charge < -0.3 is 24.7 Å². The molecule has 2 N–H and O–H groups in total. The van der Waals surface area contributed by atoms with Crippen LogP contribution >= 0.6 is 0 Å². The molecule has 0 aliphatic carbocycles. The molecule has 0 radical (unpaired) electrons. The minimum Gasteiger partial charge on any atom is -0.497 e. The van der Waals surface area contributed by atoms with E-state index in [-0.39, 0.29) is 6.04 Å². The number of carbonyl (C=O) groups excluding carboxylic acids is 2. The largest absolute Gasteiger partial charge is 0.497 e. The number of anilines is 1. The maximum atomic E-state index is 12.7. The summed E-state index contributed by atoms with van der Waals surface area (Å²) < 4.78 is 12.5. The predicted molar refractivity (Wildman–Crippen MR) is 130 cm³/mol. The molecule has 0 bridgehead atoms. The summed E-state index contributed by atoms with van der Waals surface area (Å²) in [4.78, 5) is 27.7. The van der Waals surface area contributed by atoms with Crippen LogP contribution in [-0.4, -0.2) is 48.6 Å². The maximum absolute atomic E-state index is 12.7. The Bertz CT molecular complexity index is 1170. The number of nitrogens with zero attached hydrogens (tertiary/aromatic N) is 2. The highest BCUT2D eigenvalue weighted by molar-refractivity contribution is 6.39. The van der Waals surface area contributed by atoms with Gasteiger partial charge in [-0.25, -0.2) is 0 Å². The van der Waals surface area contributed by atoms with Gasteiger partial charge in [-0.1, -0.05) is 24.3 Å². The van der Waals surface area contributed by atoms with Gasteiger partial charge in [0.25, 0.3) is 0 Å². The Labute approximate surface area is 199 Å². The van der Waals surface area contributed by atoms with Crippen molar-refractivity contribution in [3.63, 3.8) is 0 Å². The number of carbonyl (C=O) groups is 2. The van der Waals surface area contributed by atoms with Crippen LogP contribution in [0.15, 0.2) is 60.8 Å². The minimum atomic E-state index is -0.752. The van der Waals surface area contributed by atoms with Gasteiger partial charge in [-0.3, -0.25) is 14.5 Å². The molecule has 4 rings (SSSR count). The molecule has 1 atom stereocenters. The monoisotopic (exact) mass is 462 g/mol. The van der Waals surface area contributed by atoms with Crippen molar-refractivity contribution < 1.29 is 19.1 Å². The van der Waals surface area contributed by atoms with E-state index >= 15 is 0 Å². The summed E-state index contributed by atoms with van der Waals surface area (Å²) in [5.74, 6) is -0.449. The van der Waals surface area contributed by atoms with Gasteiger partial charge in [0.05, 0.1) is 25.9 Å². The molecule has 2 amide bonds. The van der Waals surface area contributed by atoms with E-state index in [9.17, 15) is 9.59 Å². The van der Waals surface area contributed by atoms with Crippen molar-refractivity contribution in [3.8, 4) is 11.5 Å². The highest BCUT2D eigenvalue weighted by Crippen LogP contribution is 2.29. The summed E-state index contributed by atoms with van der Waals surface area (Å²) >= 11 is 0. The minimum absolute atomic E-state index is 0.0689. The Morgan fingerprint density at radius 1 is 1.00 bits per heavy atom. The lowest BCUT2D eigenvalue weighted by molar-refractivity contribution is -0.136. The molecule has 2 heterocycles. The molecule has 0 fully saturated rings. The van der Waals surface area contributed by atoms with Crippen molar-refractivity contribution >= 4 is 17.5 Å². The van der Waals surface area contributed by atoms with Gasteiger partial charge in [0.2, 0.25) is 0 Å². The molecule has 3 aromatic rings. The lowest BCUT2D eigenvalue weighted by atomic mass is 9.98. The van der Waals surface area contributed by atoms with Gasteiger partial charge in [0, 0.05) is 44.6 Å². The fraction of sp³-hybridized carbons (Fsp3) is 0.308. The number of rotatable bonds is 7. The van der Waals surface area contributed by atoms with Crippen LogP contribution in [0.25, 0.3) is 0 Å². The fourth-order valence-electron chi connectivity index (χ4n) is 4.38. The number of benzene rings is 2. The first-order valence-corrected chi connectivity index (χ1v) is 11.2. The number of amides is 2. The Hall–Kier alpha value is -3.78. The van der Waals surface area contributed by atoms with Crippen LogP contribution < -0.4 is 20.1 Å². The summed E-state index contributed by atoms with van der Waals surface area (Å²) in [5, 5.41) is 5.45. The third kappa shape index (κ3) is 5.07. The number of ether oxygens (including phenoxy) is 2. The van der Waals surface area contributed by atoms with Crippen molar-refractivity contribution in [3.05, 3.63) is 77.6 Å². The quantitative estimate of drug-likeness (QED) is 0.528. The van der Waals surface area contributed by atoms with Gasteiger partial charge in [0.15, 0.2) is 0 Å². The molecule has 0 saturated heterocycles. The molecule has 8 nitrogen and oxygen atoms in total. The summed E-state index contributed by atoms with van der Waals surface area (Å²) in [6.45, 7) is 1.97. The van der Waals surface area contributed by atoms with Crippen molar-refractivity contribution in [2.75, 3.05) is 32.6 Å². The molecule has 1 aliphatic rings. The molecule has 178 valence electrons. The van der Waals surface area contributed by atoms with Crippen molar-refractivity contribution in [2.45, 2.75) is 19.0 Å². The SMILES string of the molecule is COc1ccc(NC(=O)C(=O)NCC(c2cccn2C)N2CCc3ccccc3C2)c(OC)c1. The Morgan fingerprint density at radius 3 is 2.50 bits per heavy atom. The molecule has 2 aromatic carbocycles. The van der Waals surface area contributed by atoms with Gasteiger partial charge in [-0.2, -0.15) is 0 Å². The van der Waals surface area contributed by atoms with Crippen molar-refractivity contribution in [2.24, 2.45) is 7.05 Å². The van der Waals surface area contributed by atoms with Crippen LogP contribution in [0.4, 0.5) is 5.69 Å². The second-order valence-electron chi connectivity index (χ2n) is 8.28. The van der Waals surface area contributed by atoms with E-state index in [0.29, 0.717) is 23.7 Å². The van der Waals surface area contributed by atoms with Crippen LogP contribution in [0.5, 0.6) is 11.5 Å². The molecule has 0 spiro atoms. The fourth-order valence-corrected chi connectivity index (χ4v) is 4.38. The molecule has 0 saturated carbocycles. The van der Waals surface area contributed by atoms with E-state index in [4.69, 9.17) is 9.47 Å².